The van der Waals surface area contributed by atoms with Gasteiger partial charge in [0, 0.05) is 36.0 Å². The van der Waals surface area contributed by atoms with Crippen LogP contribution in [-0.4, -0.2) is 108 Å². The van der Waals surface area contributed by atoms with Gasteiger partial charge < -0.3 is 68.2 Å². The van der Waals surface area contributed by atoms with Crippen LogP contribution in [0.1, 0.15) is 152 Å². The molecule has 75 heavy (non-hydrogen) atoms. The molecule has 18 heteroatoms. The number of nitrogens with two attached hydrogens (primary N) is 1. The second kappa shape index (κ2) is 27.3. The lowest BCUT2D eigenvalue weighted by molar-refractivity contribution is -0.259. The highest BCUT2D eigenvalue weighted by molar-refractivity contribution is 7.89. The van der Waals surface area contributed by atoms with Gasteiger partial charge in [0.15, 0.2) is 25.2 Å². The Morgan fingerprint density at radius 2 is 0.960 bits per heavy atom. The van der Waals surface area contributed by atoms with E-state index in [0.717, 1.165) is 43.2 Å². The minimum Gasteiger partial charge on any atom is -0.508 e. The summed E-state index contributed by atoms with van der Waals surface area (Å²) in [4.78, 5) is -0.0257. The van der Waals surface area contributed by atoms with Crippen molar-refractivity contribution in [1.29, 1.82) is 0 Å². The molecule has 4 saturated heterocycles. The van der Waals surface area contributed by atoms with E-state index in [1.165, 1.54) is 24.3 Å². The Kier molecular flexibility index (Phi) is 20.6. The van der Waals surface area contributed by atoms with Gasteiger partial charge in [0.2, 0.25) is 10.0 Å². The zero-order valence-corrected chi connectivity index (χ0v) is 43.9. The molecular formula is C57H77NO16S. The number of aliphatic hydroxyl groups excluding tert-OH is 2. The van der Waals surface area contributed by atoms with Gasteiger partial charge in [-0.2, -0.15) is 0 Å². The third-order valence-electron chi connectivity index (χ3n) is 14.5. The zero-order chi connectivity index (χ0) is 52.9. The first-order valence-electron chi connectivity index (χ1n) is 26.8. The van der Waals surface area contributed by atoms with E-state index < -0.39 is 47.4 Å². The van der Waals surface area contributed by atoms with E-state index in [4.69, 9.17) is 47.8 Å². The molecule has 412 valence electrons. The smallest absolute Gasteiger partial charge is 0.238 e. The number of phenols is 3. The molecule has 4 fully saturated rings. The Balaban J connectivity index is 0.831. The van der Waals surface area contributed by atoms with Crippen molar-refractivity contribution in [2.24, 2.45) is 5.14 Å². The van der Waals surface area contributed by atoms with Gasteiger partial charge in [-0.3, -0.25) is 0 Å². The average Bonchev–Trinajstić information content (AvgIpc) is 3.37. The summed E-state index contributed by atoms with van der Waals surface area (Å²) in [6.45, 7) is 4.12. The molecule has 17 nitrogen and oxygen atoms in total. The number of aromatic hydroxyl groups is 3. The van der Waals surface area contributed by atoms with Gasteiger partial charge in [0.25, 0.3) is 0 Å². The maximum Gasteiger partial charge on any atom is 0.238 e. The predicted molar refractivity (Wildman–Crippen MR) is 276 cm³/mol. The van der Waals surface area contributed by atoms with Crippen LogP contribution in [0.5, 0.6) is 23.0 Å². The summed E-state index contributed by atoms with van der Waals surface area (Å²) in [5.74, 6) is 0.834. The number of rotatable bonds is 24. The lowest BCUT2D eigenvalue weighted by Gasteiger charge is -2.38. The largest absolute Gasteiger partial charge is 0.508 e. The number of primary sulfonamides is 1. The van der Waals surface area contributed by atoms with Crippen molar-refractivity contribution >= 4 is 10.0 Å². The Labute approximate surface area is 441 Å². The molecule has 4 heterocycles. The molecule has 4 aromatic carbocycles. The number of aliphatic hydroxyl groups is 2. The Morgan fingerprint density at radius 1 is 0.547 bits per heavy atom. The summed E-state index contributed by atoms with van der Waals surface area (Å²) in [5.41, 5.74) is 2.22. The van der Waals surface area contributed by atoms with Crippen LogP contribution in [0.2, 0.25) is 0 Å². The minimum absolute atomic E-state index is 0.0216. The van der Waals surface area contributed by atoms with Gasteiger partial charge in [-0.1, -0.05) is 43.3 Å². The third-order valence-corrected chi connectivity index (χ3v) is 15.4. The fourth-order valence-corrected chi connectivity index (χ4v) is 11.2. The van der Waals surface area contributed by atoms with Gasteiger partial charge in [0.1, 0.15) is 29.6 Å². The van der Waals surface area contributed by atoms with Crippen molar-refractivity contribution < 1.29 is 76.6 Å². The molecule has 0 radical (unpaired) electrons. The van der Waals surface area contributed by atoms with Crippen LogP contribution < -0.4 is 9.88 Å². The molecule has 0 amide bonds. The summed E-state index contributed by atoms with van der Waals surface area (Å²) >= 11 is 0. The number of ether oxygens (including phenoxy) is 9. The predicted octanol–water partition coefficient (Wildman–Crippen LogP) is 9.39. The first-order valence-corrected chi connectivity index (χ1v) is 28.4. The standard InChI is InChI=1S/C57H77NO16S/c1-3-45-32-48(71-56(70-45)38-11-5-14-41(60)28-38)21-9-20-47-34-52(69-54(68-47)35-66-46-22-24-53(25-23-46)75(58,64)65)31-44(63)17-8-19-50-33-49(72-57(73-50)39-12-6-15-42(61)29-39)18-7-16-43(62)30-51-26-36(2)67-55(74-51)37-10-4-13-40(59)27-37/h4-6,10-15,22-25,27-29,36,43-45,47-52,54-57,59-63H,3,7-9,16-21,26,30-35H2,1-2H3,(H2,58,64,65)/t36-,43?,44?,45?,47?,48?,49?,50?,51?,52?,54?,55?,56?,57?/m0/s1. The van der Waals surface area contributed by atoms with Crippen LogP contribution >= 0.6 is 0 Å². The van der Waals surface area contributed by atoms with Gasteiger partial charge in [-0.05, 0) is 151 Å². The van der Waals surface area contributed by atoms with Crippen LogP contribution in [0, 0.1) is 0 Å². The highest BCUT2D eigenvalue weighted by atomic mass is 32.2. The normalized spacial score (nSPS) is 29.3. The van der Waals surface area contributed by atoms with Crippen molar-refractivity contribution in [3.63, 3.8) is 0 Å². The summed E-state index contributed by atoms with van der Waals surface area (Å²) in [6, 6.07) is 26.5. The maximum absolute atomic E-state index is 11.8. The fourth-order valence-electron chi connectivity index (χ4n) is 10.7. The van der Waals surface area contributed by atoms with E-state index in [-0.39, 0.29) is 77.6 Å². The number of sulfonamides is 1. The van der Waals surface area contributed by atoms with E-state index in [1.807, 2.05) is 25.1 Å². The van der Waals surface area contributed by atoms with Gasteiger partial charge >= 0.3 is 0 Å². The number of benzene rings is 4. The fraction of sp³-hybridized carbons (Fsp3) is 0.579. The van der Waals surface area contributed by atoms with Crippen LogP contribution in [0.25, 0.3) is 0 Å². The minimum atomic E-state index is -3.87. The Hall–Kier alpha value is -4.41. The molecule has 0 spiro atoms. The van der Waals surface area contributed by atoms with Crippen molar-refractivity contribution in [1.82, 2.24) is 0 Å². The molecular weight excluding hydrogens is 987 g/mol. The quantitative estimate of drug-likeness (QED) is 0.0383. The molecule has 0 bridgehead atoms. The summed E-state index contributed by atoms with van der Waals surface area (Å²) < 4.78 is 80.4. The highest BCUT2D eigenvalue weighted by Gasteiger charge is 2.36. The topological polar surface area (TPSA) is 244 Å². The van der Waals surface area contributed by atoms with Crippen molar-refractivity contribution in [3.05, 3.63) is 114 Å². The maximum atomic E-state index is 11.8. The van der Waals surface area contributed by atoms with E-state index in [2.05, 4.69) is 6.92 Å². The van der Waals surface area contributed by atoms with Gasteiger partial charge in [-0.25, -0.2) is 13.6 Å². The van der Waals surface area contributed by atoms with Crippen LogP contribution in [0.4, 0.5) is 0 Å². The lowest BCUT2D eigenvalue weighted by Crippen LogP contribution is -2.42. The molecule has 0 aromatic heterocycles. The zero-order valence-electron chi connectivity index (χ0n) is 43.1. The van der Waals surface area contributed by atoms with Crippen molar-refractivity contribution in [3.8, 4) is 23.0 Å². The number of phenolic OH excluding ortho intramolecular Hbond substituents is 3. The Bertz CT molecular complexity index is 2480. The van der Waals surface area contributed by atoms with E-state index in [0.29, 0.717) is 81.9 Å². The summed E-state index contributed by atoms with van der Waals surface area (Å²) in [5, 5.41) is 58.4. The van der Waals surface area contributed by atoms with Crippen LogP contribution in [0.15, 0.2) is 102 Å². The Morgan fingerprint density at radius 3 is 1.45 bits per heavy atom. The number of hydrogen-bond donors (Lipinski definition) is 6. The molecule has 8 rings (SSSR count). The second-order valence-electron chi connectivity index (χ2n) is 20.7. The highest BCUT2D eigenvalue weighted by Crippen LogP contribution is 2.38. The van der Waals surface area contributed by atoms with Crippen molar-refractivity contribution in [2.45, 2.75) is 208 Å². The SMILES string of the molecule is CCC1CC(CCCC2CC(CC(O)CCCC3CC(CCCC(O)CC4C[C@H](C)OC(c5cccc(O)c5)O4)OC(c4cccc(O)c4)O3)OC(COc3ccc(S(N)(=O)=O)cc3)O2)OC(c2cccc(O)c2)O1. The van der Waals surface area contributed by atoms with E-state index in [1.54, 1.807) is 54.6 Å². The molecule has 0 saturated carbocycles. The molecule has 4 aromatic rings. The lowest BCUT2D eigenvalue weighted by atomic mass is 9.95. The first kappa shape index (κ1) is 56.8. The van der Waals surface area contributed by atoms with E-state index in [9.17, 15) is 34.0 Å². The third kappa shape index (κ3) is 17.6. The van der Waals surface area contributed by atoms with Gasteiger partial charge in [0.05, 0.1) is 65.9 Å². The molecule has 0 aliphatic carbocycles. The molecule has 7 N–H and O–H groups in total. The molecule has 4 aliphatic heterocycles. The first-order chi connectivity index (χ1) is 36.1. The van der Waals surface area contributed by atoms with Crippen LogP contribution in [-0.2, 0) is 47.9 Å². The summed E-state index contributed by atoms with van der Waals surface area (Å²) in [6.07, 6.45) is 5.36. The van der Waals surface area contributed by atoms with Crippen LogP contribution in [0.3, 0.4) is 0 Å². The number of hydrogen-bond acceptors (Lipinski definition) is 16. The molecule has 4 aliphatic rings. The van der Waals surface area contributed by atoms with Gasteiger partial charge in [-0.15, -0.1) is 0 Å². The molecule has 13 unspecified atom stereocenters. The van der Waals surface area contributed by atoms with E-state index >= 15 is 0 Å². The molecule has 14 atom stereocenters. The summed E-state index contributed by atoms with van der Waals surface area (Å²) in [7, 11) is -3.87. The second-order valence-corrected chi connectivity index (χ2v) is 22.3. The monoisotopic (exact) mass is 1060 g/mol. The van der Waals surface area contributed by atoms with Crippen molar-refractivity contribution in [2.75, 3.05) is 6.61 Å². The average molecular weight is 1060 g/mol.